The molecule has 0 saturated carbocycles. The first-order chi connectivity index (χ1) is 15.6. The first kappa shape index (κ1) is 21.5. The highest BCUT2D eigenvalue weighted by Crippen LogP contribution is 2.30. The van der Waals surface area contributed by atoms with Gasteiger partial charge in [-0.3, -0.25) is 4.79 Å². The van der Waals surface area contributed by atoms with E-state index in [-0.39, 0.29) is 0 Å². The molecule has 1 atom stereocenters. The van der Waals surface area contributed by atoms with Crippen LogP contribution in [0.5, 0.6) is 0 Å². The van der Waals surface area contributed by atoms with E-state index >= 15 is 0 Å². The maximum Gasteiger partial charge on any atom is 0.281 e. The molecule has 0 aliphatic heterocycles. The van der Waals surface area contributed by atoms with Crippen LogP contribution in [0.15, 0.2) is 96.2 Å². The number of nitrogens with zero attached hydrogens (tertiary/aromatic N) is 2. The molecule has 1 aromatic heterocycles. The summed E-state index contributed by atoms with van der Waals surface area (Å²) >= 11 is 0. The van der Waals surface area contributed by atoms with E-state index < -0.39 is 11.5 Å². The lowest BCUT2D eigenvalue weighted by molar-refractivity contribution is -0.136. The lowest BCUT2D eigenvalue weighted by Crippen LogP contribution is -2.43. The second-order valence-corrected chi connectivity index (χ2v) is 7.91. The third-order valence-corrected chi connectivity index (χ3v) is 5.92. The Morgan fingerprint density at radius 3 is 2.16 bits per heavy atom. The molecule has 0 aliphatic rings. The first-order valence-corrected chi connectivity index (χ1v) is 10.8. The molecule has 0 fully saturated rings. The summed E-state index contributed by atoms with van der Waals surface area (Å²) in [6, 6.07) is 26.3. The number of para-hydroxylation sites is 1. The largest absolute Gasteiger partial charge is 0.372 e. The molecule has 1 heterocycles. The van der Waals surface area contributed by atoms with Gasteiger partial charge in [-0.05, 0) is 30.5 Å². The lowest BCUT2D eigenvalue weighted by Gasteiger charge is -2.27. The first-order valence-electron chi connectivity index (χ1n) is 10.8. The molecular weight excluding hydrogens is 398 g/mol. The summed E-state index contributed by atoms with van der Waals surface area (Å²) in [7, 11) is 0. The Balaban J connectivity index is 1.65. The van der Waals surface area contributed by atoms with E-state index in [1.54, 1.807) is 54.7 Å². The number of hydrazone groups is 1. The van der Waals surface area contributed by atoms with E-state index in [1.807, 2.05) is 30.3 Å². The Kier molecular flexibility index (Phi) is 6.19. The average molecular weight is 426 g/mol. The van der Waals surface area contributed by atoms with E-state index in [0.29, 0.717) is 17.2 Å². The van der Waals surface area contributed by atoms with Crippen LogP contribution in [0.4, 0.5) is 0 Å². The van der Waals surface area contributed by atoms with Crippen molar-refractivity contribution in [3.8, 4) is 0 Å². The summed E-state index contributed by atoms with van der Waals surface area (Å²) < 4.78 is 2.22. The fraction of sp³-hybridized carbons (Fsp3) is 0.185. The number of hydrogen-bond donors (Lipinski definition) is 2. The summed E-state index contributed by atoms with van der Waals surface area (Å²) in [5, 5.41) is 16.8. The maximum absolute atomic E-state index is 13.2. The summed E-state index contributed by atoms with van der Waals surface area (Å²) in [5.41, 5.74) is 3.69. The minimum Gasteiger partial charge on any atom is -0.372 e. The molecule has 0 radical (unpaired) electrons. The number of fused-ring (bicyclic) bond motifs is 1. The highest BCUT2D eigenvalue weighted by atomic mass is 16.3. The number of benzene rings is 3. The Labute approximate surface area is 188 Å². The number of carbonyl (C=O) groups is 1. The summed E-state index contributed by atoms with van der Waals surface area (Å²) in [6.45, 7) is 4.33. The topological polar surface area (TPSA) is 66.6 Å². The molecule has 3 aromatic carbocycles. The van der Waals surface area contributed by atoms with Crippen LogP contribution in [0.25, 0.3) is 10.9 Å². The number of hydrogen-bond acceptors (Lipinski definition) is 3. The Morgan fingerprint density at radius 2 is 1.56 bits per heavy atom. The van der Waals surface area contributed by atoms with Gasteiger partial charge in [0.05, 0.1) is 6.21 Å². The number of aliphatic hydroxyl groups is 1. The third-order valence-electron chi connectivity index (χ3n) is 5.92. The van der Waals surface area contributed by atoms with Crippen LogP contribution < -0.4 is 5.43 Å². The number of carbonyl (C=O) groups excluding carboxylic acids is 1. The molecule has 5 nitrogen and oxygen atoms in total. The van der Waals surface area contributed by atoms with Gasteiger partial charge in [-0.15, -0.1) is 0 Å². The molecule has 5 heteroatoms. The zero-order valence-electron chi connectivity index (χ0n) is 18.3. The standard InChI is InChI=1S/C27H27N3O2/c1-3-20(2)30-19-21(24-16-10-11-17-25(24)30)18-28-29-26(31)27(32,22-12-6-4-7-13-22)23-14-8-5-9-15-23/h4-20,32H,3H2,1-2H3,(H,29,31)/b28-18-/t20-/m0/s1. The molecule has 4 aromatic rings. The third kappa shape index (κ3) is 3.95. The zero-order chi connectivity index (χ0) is 22.6. The van der Waals surface area contributed by atoms with Crippen molar-refractivity contribution in [1.29, 1.82) is 0 Å². The van der Waals surface area contributed by atoms with Crippen LogP contribution in [0.3, 0.4) is 0 Å². The number of aromatic nitrogens is 1. The van der Waals surface area contributed by atoms with Gasteiger partial charge in [0.15, 0.2) is 5.60 Å². The van der Waals surface area contributed by atoms with E-state index in [1.165, 1.54) is 0 Å². The van der Waals surface area contributed by atoms with Gasteiger partial charge in [0.2, 0.25) is 0 Å². The van der Waals surface area contributed by atoms with Crippen LogP contribution in [-0.4, -0.2) is 21.8 Å². The van der Waals surface area contributed by atoms with Crippen molar-refractivity contribution in [2.75, 3.05) is 0 Å². The van der Waals surface area contributed by atoms with Gasteiger partial charge in [-0.2, -0.15) is 5.10 Å². The van der Waals surface area contributed by atoms with Gasteiger partial charge in [0, 0.05) is 28.7 Å². The number of nitrogens with one attached hydrogen (secondary N) is 1. The zero-order valence-corrected chi connectivity index (χ0v) is 18.3. The van der Waals surface area contributed by atoms with Crippen molar-refractivity contribution in [1.82, 2.24) is 9.99 Å². The molecule has 32 heavy (non-hydrogen) atoms. The fourth-order valence-corrected chi connectivity index (χ4v) is 3.92. The smallest absolute Gasteiger partial charge is 0.281 e. The lowest BCUT2D eigenvalue weighted by atomic mass is 9.85. The van der Waals surface area contributed by atoms with Crippen LogP contribution >= 0.6 is 0 Å². The van der Waals surface area contributed by atoms with Crippen molar-refractivity contribution < 1.29 is 9.90 Å². The Morgan fingerprint density at radius 1 is 1.00 bits per heavy atom. The van der Waals surface area contributed by atoms with Crippen molar-refractivity contribution in [2.45, 2.75) is 31.9 Å². The van der Waals surface area contributed by atoms with Gasteiger partial charge in [0.25, 0.3) is 5.91 Å². The van der Waals surface area contributed by atoms with Gasteiger partial charge in [-0.1, -0.05) is 85.8 Å². The van der Waals surface area contributed by atoms with Crippen LogP contribution in [-0.2, 0) is 10.4 Å². The Hall–Kier alpha value is -3.70. The van der Waals surface area contributed by atoms with Gasteiger partial charge in [0.1, 0.15) is 0 Å². The van der Waals surface area contributed by atoms with Gasteiger partial charge < -0.3 is 9.67 Å². The molecule has 0 unspecified atom stereocenters. The minimum absolute atomic E-state index is 0.345. The van der Waals surface area contributed by atoms with Gasteiger partial charge in [-0.25, -0.2) is 5.43 Å². The van der Waals surface area contributed by atoms with Crippen LogP contribution in [0.1, 0.15) is 43.0 Å². The second-order valence-electron chi connectivity index (χ2n) is 7.91. The molecular formula is C27H27N3O2. The number of amides is 1. The SMILES string of the molecule is CC[C@H](C)n1cc(/C=N\NC(=O)C(O)(c2ccccc2)c2ccccc2)c2ccccc21. The molecule has 0 spiro atoms. The summed E-state index contributed by atoms with van der Waals surface area (Å²) in [6.07, 6.45) is 4.69. The monoisotopic (exact) mass is 425 g/mol. The highest BCUT2D eigenvalue weighted by Gasteiger charge is 2.39. The van der Waals surface area contributed by atoms with Crippen LogP contribution in [0, 0.1) is 0 Å². The van der Waals surface area contributed by atoms with E-state index in [4.69, 9.17) is 0 Å². The van der Waals surface area contributed by atoms with E-state index in [9.17, 15) is 9.90 Å². The molecule has 0 saturated heterocycles. The fourth-order valence-electron chi connectivity index (χ4n) is 3.92. The second kappa shape index (κ2) is 9.20. The molecule has 2 N–H and O–H groups in total. The molecule has 0 aliphatic carbocycles. The maximum atomic E-state index is 13.2. The predicted molar refractivity (Wildman–Crippen MR) is 129 cm³/mol. The molecule has 0 bridgehead atoms. The Bertz CT molecular complexity index is 1190. The van der Waals surface area contributed by atoms with Crippen LogP contribution in [0.2, 0.25) is 0 Å². The molecule has 162 valence electrons. The van der Waals surface area contributed by atoms with Crippen molar-refractivity contribution in [3.63, 3.8) is 0 Å². The van der Waals surface area contributed by atoms with E-state index in [2.05, 4.69) is 41.2 Å². The molecule has 4 rings (SSSR count). The number of rotatable bonds is 7. The van der Waals surface area contributed by atoms with E-state index in [0.717, 1.165) is 22.9 Å². The predicted octanol–water partition coefficient (Wildman–Crippen LogP) is 5.00. The van der Waals surface area contributed by atoms with Crippen molar-refractivity contribution >= 4 is 23.0 Å². The molecule has 1 amide bonds. The minimum atomic E-state index is -1.86. The summed E-state index contributed by atoms with van der Waals surface area (Å²) in [4.78, 5) is 13.2. The van der Waals surface area contributed by atoms with Crippen molar-refractivity contribution in [3.05, 3.63) is 108 Å². The van der Waals surface area contributed by atoms with Gasteiger partial charge >= 0.3 is 0 Å². The quantitative estimate of drug-likeness (QED) is 0.323. The normalized spacial score (nSPS) is 12.8. The van der Waals surface area contributed by atoms with Crippen molar-refractivity contribution in [2.24, 2.45) is 5.10 Å². The summed E-state index contributed by atoms with van der Waals surface area (Å²) in [5.74, 6) is -0.614. The average Bonchev–Trinajstić information content (AvgIpc) is 3.22. The highest BCUT2D eigenvalue weighted by molar-refractivity contribution is 6.00.